The molecule has 1 aromatic carbocycles. The Bertz CT molecular complexity index is 552. The van der Waals surface area contributed by atoms with E-state index in [0.29, 0.717) is 29.5 Å². The van der Waals surface area contributed by atoms with E-state index >= 15 is 0 Å². The Morgan fingerprint density at radius 2 is 2.19 bits per heavy atom. The van der Waals surface area contributed by atoms with Crippen molar-refractivity contribution in [3.63, 3.8) is 0 Å². The van der Waals surface area contributed by atoms with Crippen LogP contribution in [0, 0.1) is 11.7 Å². The fourth-order valence-electron chi connectivity index (χ4n) is 2.34. The molecule has 2 rings (SSSR count). The van der Waals surface area contributed by atoms with Crippen LogP contribution in [0.4, 0.5) is 4.39 Å². The molecule has 1 amide bonds. The predicted molar refractivity (Wildman–Crippen MR) is 76.5 cm³/mol. The predicted octanol–water partition coefficient (Wildman–Crippen LogP) is 2.34. The molecule has 2 atom stereocenters. The highest BCUT2D eigenvalue weighted by Gasteiger charge is 2.30. The van der Waals surface area contributed by atoms with Gasteiger partial charge in [-0.3, -0.25) is 9.59 Å². The average Bonchev–Trinajstić information content (AvgIpc) is 2.86. The number of rotatable bonds is 5. The van der Waals surface area contributed by atoms with Crippen LogP contribution in [0.15, 0.2) is 22.7 Å². The number of nitrogens with one attached hydrogen (secondary N) is 1. The van der Waals surface area contributed by atoms with Crippen LogP contribution in [0.25, 0.3) is 0 Å². The van der Waals surface area contributed by atoms with Gasteiger partial charge in [0.05, 0.1) is 10.4 Å². The maximum atomic E-state index is 12.9. The van der Waals surface area contributed by atoms with E-state index in [1.54, 1.807) is 0 Å². The zero-order chi connectivity index (χ0) is 15.4. The lowest BCUT2D eigenvalue weighted by Gasteiger charge is -2.13. The number of hydrogen-bond donors (Lipinski definition) is 2. The van der Waals surface area contributed by atoms with Crippen LogP contribution in [0.1, 0.15) is 19.3 Å². The molecule has 21 heavy (non-hydrogen) atoms. The molecule has 1 aliphatic rings. The molecule has 0 spiro atoms. The van der Waals surface area contributed by atoms with Gasteiger partial charge in [-0.05, 0) is 53.4 Å². The van der Waals surface area contributed by atoms with Gasteiger partial charge in [-0.1, -0.05) is 0 Å². The fourth-order valence-corrected chi connectivity index (χ4v) is 2.81. The van der Waals surface area contributed by atoms with Crippen molar-refractivity contribution >= 4 is 27.8 Å². The Labute approximate surface area is 129 Å². The van der Waals surface area contributed by atoms with Crippen molar-refractivity contribution in [2.75, 3.05) is 6.61 Å². The van der Waals surface area contributed by atoms with Gasteiger partial charge in [0.25, 0.3) is 5.91 Å². The Morgan fingerprint density at radius 1 is 1.43 bits per heavy atom. The molecule has 1 saturated carbocycles. The number of benzene rings is 1. The molecule has 2 unspecified atom stereocenters. The molecular formula is C14H15BrFNO4. The van der Waals surface area contributed by atoms with Crippen molar-refractivity contribution in [3.05, 3.63) is 28.5 Å². The van der Waals surface area contributed by atoms with Crippen LogP contribution in [0.3, 0.4) is 0 Å². The normalized spacial score (nSPS) is 21.0. The van der Waals surface area contributed by atoms with Crippen LogP contribution < -0.4 is 10.1 Å². The van der Waals surface area contributed by atoms with E-state index in [4.69, 9.17) is 9.84 Å². The van der Waals surface area contributed by atoms with Gasteiger partial charge < -0.3 is 15.2 Å². The lowest BCUT2D eigenvalue weighted by molar-refractivity contribution is -0.141. The average molecular weight is 360 g/mol. The Balaban J connectivity index is 1.79. The minimum Gasteiger partial charge on any atom is -0.483 e. The number of ether oxygens (including phenoxy) is 1. The largest absolute Gasteiger partial charge is 0.483 e. The van der Waals surface area contributed by atoms with E-state index in [1.165, 1.54) is 18.2 Å². The summed E-state index contributed by atoms with van der Waals surface area (Å²) in [7, 11) is 0. The minimum atomic E-state index is -0.821. The van der Waals surface area contributed by atoms with E-state index in [-0.39, 0.29) is 24.5 Å². The minimum absolute atomic E-state index is 0.126. The number of hydrogen-bond acceptors (Lipinski definition) is 3. The monoisotopic (exact) mass is 359 g/mol. The topological polar surface area (TPSA) is 75.6 Å². The van der Waals surface area contributed by atoms with Crippen molar-refractivity contribution in [2.45, 2.75) is 25.3 Å². The first-order chi connectivity index (χ1) is 9.95. The molecule has 0 aliphatic heterocycles. The van der Waals surface area contributed by atoms with Crippen molar-refractivity contribution in [1.82, 2.24) is 5.32 Å². The molecule has 5 nitrogen and oxygen atoms in total. The van der Waals surface area contributed by atoms with Gasteiger partial charge >= 0.3 is 5.97 Å². The van der Waals surface area contributed by atoms with Crippen molar-refractivity contribution in [3.8, 4) is 5.75 Å². The smallest absolute Gasteiger partial charge is 0.306 e. The van der Waals surface area contributed by atoms with Crippen molar-refractivity contribution in [2.24, 2.45) is 5.92 Å². The maximum Gasteiger partial charge on any atom is 0.306 e. The molecule has 7 heteroatoms. The Kier molecular flexibility index (Phi) is 5.17. The summed E-state index contributed by atoms with van der Waals surface area (Å²) in [5.74, 6) is -1.55. The summed E-state index contributed by atoms with van der Waals surface area (Å²) in [6.45, 7) is -0.196. The number of amides is 1. The first kappa shape index (κ1) is 15.8. The third-order valence-electron chi connectivity index (χ3n) is 3.40. The number of aliphatic carboxylic acids is 1. The third kappa shape index (κ3) is 4.42. The van der Waals surface area contributed by atoms with Crippen LogP contribution in [0.2, 0.25) is 0 Å². The summed E-state index contributed by atoms with van der Waals surface area (Å²) in [6.07, 6.45) is 1.68. The number of carboxylic acid groups (broad SMARTS) is 1. The fraction of sp³-hybridized carbons (Fsp3) is 0.429. The highest BCUT2D eigenvalue weighted by atomic mass is 79.9. The molecular weight excluding hydrogens is 345 g/mol. The molecule has 1 aromatic rings. The second kappa shape index (κ2) is 6.89. The summed E-state index contributed by atoms with van der Waals surface area (Å²) >= 11 is 3.15. The zero-order valence-electron chi connectivity index (χ0n) is 11.1. The lowest BCUT2D eigenvalue weighted by atomic mass is 10.1. The van der Waals surface area contributed by atoms with Crippen molar-refractivity contribution < 1.29 is 23.8 Å². The Hall–Kier alpha value is -1.63. The third-order valence-corrected chi connectivity index (χ3v) is 4.02. The molecule has 114 valence electrons. The van der Waals surface area contributed by atoms with Gasteiger partial charge in [0.2, 0.25) is 0 Å². The lowest BCUT2D eigenvalue weighted by Crippen LogP contribution is -2.36. The van der Waals surface area contributed by atoms with E-state index in [2.05, 4.69) is 21.2 Å². The zero-order valence-corrected chi connectivity index (χ0v) is 12.7. The summed E-state index contributed by atoms with van der Waals surface area (Å²) in [5, 5.41) is 11.6. The van der Waals surface area contributed by atoms with Crippen LogP contribution >= 0.6 is 15.9 Å². The molecule has 0 heterocycles. The first-order valence-electron chi connectivity index (χ1n) is 6.55. The van der Waals surface area contributed by atoms with Gasteiger partial charge in [-0.25, -0.2) is 4.39 Å². The quantitative estimate of drug-likeness (QED) is 0.845. The molecule has 0 aromatic heterocycles. The number of carboxylic acids is 1. The van der Waals surface area contributed by atoms with Crippen LogP contribution in [0.5, 0.6) is 5.75 Å². The SMILES string of the molecule is O=C(COc1ccc(F)cc1Br)NC1CCC(C(=O)O)C1. The van der Waals surface area contributed by atoms with E-state index in [9.17, 15) is 14.0 Å². The van der Waals surface area contributed by atoms with E-state index in [1.807, 2.05) is 0 Å². The summed E-state index contributed by atoms with van der Waals surface area (Å²) in [6, 6.07) is 3.80. The highest BCUT2D eigenvalue weighted by molar-refractivity contribution is 9.10. The second-order valence-corrected chi connectivity index (χ2v) is 5.83. The van der Waals surface area contributed by atoms with Gasteiger partial charge in [0.1, 0.15) is 11.6 Å². The maximum absolute atomic E-state index is 12.9. The number of carbonyl (C=O) groups is 2. The highest BCUT2D eigenvalue weighted by Crippen LogP contribution is 2.26. The van der Waals surface area contributed by atoms with Crippen LogP contribution in [-0.4, -0.2) is 29.6 Å². The molecule has 1 aliphatic carbocycles. The van der Waals surface area contributed by atoms with Gasteiger partial charge in [-0.15, -0.1) is 0 Å². The summed E-state index contributed by atoms with van der Waals surface area (Å²) < 4.78 is 18.6. The van der Waals surface area contributed by atoms with E-state index < -0.39 is 11.8 Å². The molecule has 1 fully saturated rings. The molecule has 0 radical (unpaired) electrons. The summed E-state index contributed by atoms with van der Waals surface area (Å²) in [4.78, 5) is 22.6. The second-order valence-electron chi connectivity index (χ2n) is 4.98. The van der Waals surface area contributed by atoms with E-state index in [0.717, 1.165) is 0 Å². The van der Waals surface area contributed by atoms with Gasteiger partial charge in [-0.2, -0.15) is 0 Å². The number of carbonyl (C=O) groups excluding carboxylic acids is 1. The van der Waals surface area contributed by atoms with Crippen LogP contribution in [-0.2, 0) is 9.59 Å². The van der Waals surface area contributed by atoms with Gasteiger partial charge in [0.15, 0.2) is 6.61 Å². The Morgan fingerprint density at radius 3 is 2.81 bits per heavy atom. The summed E-state index contributed by atoms with van der Waals surface area (Å²) in [5.41, 5.74) is 0. The standard InChI is InChI=1S/C14H15BrFNO4/c15-11-6-9(16)2-4-12(11)21-7-13(18)17-10-3-1-8(5-10)14(19)20/h2,4,6,8,10H,1,3,5,7H2,(H,17,18)(H,19,20). The van der Waals surface area contributed by atoms with Gasteiger partial charge in [0, 0.05) is 6.04 Å². The number of halogens is 2. The molecule has 0 saturated heterocycles. The molecule has 2 N–H and O–H groups in total. The van der Waals surface area contributed by atoms with Crippen molar-refractivity contribution in [1.29, 1.82) is 0 Å². The first-order valence-corrected chi connectivity index (χ1v) is 7.35. The molecule has 0 bridgehead atoms.